The van der Waals surface area contributed by atoms with E-state index in [9.17, 15) is 4.79 Å². The lowest BCUT2D eigenvalue weighted by Gasteiger charge is -2.28. The molecule has 0 aromatic heterocycles. The highest BCUT2D eigenvalue weighted by Crippen LogP contribution is 2.20. The maximum Gasteiger partial charge on any atom is 0.226 e. The number of rotatable bonds is 6. The van der Waals surface area contributed by atoms with Crippen LogP contribution in [0, 0.1) is 0 Å². The molecule has 1 aromatic carbocycles. The van der Waals surface area contributed by atoms with Crippen LogP contribution in [0.25, 0.3) is 0 Å². The van der Waals surface area contributed by atoms with Gasteiger partial charge in [-0.05, 0) is 24.6 Å². The number of carbonyl (C=O) groups is 1. The fraction of sp³-hybridized carbons (Fsp3) is 0.562. The second kappa shape index (κ2) is 8.37. The molecule has 1 aliphatic heterocycles. The van der Waals surface area contributed by atoms with Gasteiger partial charge in [0.15, 0.2) is 0 Å². The summed E-state index contributed by atoms with van der Waals surface area (Å²) in [5.74, 6) is 0.138. The first-order valence-corrected chi connectivity index (χ1v) is 7.94. The van der Waals surface area contributed by atoms with Gasteiger partial charge in [-0.15, -0.1) is 0 Å². The lowest BCUT2D eigenvalue weighted by molar-refractivity contribution is -0.118. The third-order valence-corrected chi connectivity index (χ3v) is 3.92. The third-order valence-electron chi connectivity index (χ3n) is 3.68. The summed E-state index contributed by atoms with van der Waals surface area (Å²) >= 11 is 6.03. The predicted octanol–water partition coefficient (Wildman–Crippen LogP) is 2.81. The van der Waals surface area contributed by atoms with Gasteiger partial charge in [0.2, 0.25) is 5.91 Å². The van der Waals surface area contributed by atoms with Gasteiger partial charge in [0, 0.05) is 43.3 Å². The zero-order valence-electron chi connectivity index (χ0n) is 12.6. The largest absolute Gasteiger partial charge is 0.379 e. The van der Waals surface area contributed by atoms with Gasteiger partial charge < -0.3 is 9.64 Å². The van der Waals surface area contributed by atoms with Gasteiger partial charge in [0.1, 0.15) is 0 Å². The molecule has 21 heavy (non-hydrogen) atoms. The second-order valence-corrected chi connectivity index (χ2v) is 5.62. The summed E-state index contributed by atoms with van der Waals surface area (Å²) < 4.78 is 5.34. The van der Waals surface area contributed by atoms with E-state index < -0.39 is 0 Å². The van der Waals surface area contributed by atoms with Crippen molar-refractivity contribution >= 4 is 23.2 Å². The molecular formula is C16H23ClN2O2. The summed E-state index contributed by atoms with van der Waals surface area (Å²) in [6.07, 6.45) is 1.46. The van der Waals surface area contributed by atoms with E-state index in [1.807, 2.05) is 36.1 Å². The van der Waals surface area contributed by atoms with E-state index in [0.717, 1.165) is 51.5 Å². The number of morpholine rings is 1. The second-order valence-electron chi connectivity index (χ2n) is 5.19. The van der Waals surface area contributed by atoms with Crippen molar-refractivity contribution in [1.29, 1.82) is 0 Å². The van der Waals surface area contributed by atoms with Crippen molar-refractivity contribution in [2.75, 3.05) is 44.3 Å². The molecule has 0 N–H and O–H groups in total. The van der Waals surface area contributed by atoms with Crippen molar-refractivity contribution in [3.05, 3.63) is 29.3 Å². The number of nitrogens with zero attached hydrogens (tertiary/aromatic N) is 2. The number of carbonyl (C=O) groups excluding carboxylic acids is 1. The molecule has 1 aromatic rings. The number of benzene rings is 1. The molecular weight excluding hydrogens is 288 g/mol. The molecule has 1 saturated heterocycles. The molecule has 0 aliphatic carbocycles. The van der Waals surface area contributed by atoms with E-state index in [1.54, 1.807) is 0 Å². The Bertz CT molecular complexity index is 461. The molecule has 1 heterocycles. The molecule has 1 aliphatic rings. The third kappa shape index (κ3) is 4.99. The fourth-order valence-corrected chi connectivity index (χ4v) is 2.69. The first-order chi connectivity index (χ1) is 10.2. The van der Waals surface area contributed by atoms with Gasteiger partial charge in [-0.3, -0.25) is 9.69 Å². The predicted molar refractivity (Wildman–Crippen MR) is 86.0 cm³/mol. The van der Waals surface area contributed by atoms with E-state index in [1.165, 1.54) is 0 Å². The molecule has 4 nitrogen and oxygen atoms in total. The van der Waals surface area contributed by atoms with Crippen LogP contribution in [0.5, 0.6) is 0 Å². The maximum atomic E-state index is 12.2. The number of ether oxygens (including phenoxy) is 1. The van der Waals surface area contributed by atoms with Crippen LogP contribution in [-0.4, -0.2) is 50.2 Å². The first kappa shape index (κ1) is 16.3. The smallest absolute Gasteiger partial charge is 0.226 e. The topological polar surface area (TPSA) is 32.8 Å². The lowest BCUT2D eigenvalue weighted by atomic mass is 10.2. The highest BCUT2D eigenvalue weighted by atomic mass is 35.5. The lowest BCUT2D eigenvalue weighted by Crippen LogP contribution is -2.39. The Kier molecular flexibility index (Phi) is 6.49. The fourth-order valence-electron chi connectivity index (χ4n) is 2.51. The van der Waals surface area contributed by atoms with E-state index in [2.05, 4.69) is 4.90 Å². The minimum absolute atomic E-state index is 0.138. The number of anilines is 1. The molecule has 0 saturated carbocycles. The molecule has 1 amide bonds. The van der Waals surface area contributed by atoms with Gasteiger partial charge in [0.05, 0.1) is 13.2 Å². The minimum Gasteiger partial charge on any atom is -0.379 e. The average Bonchev–Trinajstić information content (AvgIpc) is 2.52. The van der Waals surface area contributed by atoms with Crippen LogP contribution in [0.4, 0.5) is 5.69 Å². The molecule has 0 atom stereocenters. The summed E-state index contributed by atoms with van der Waals surface area (Å²) in [6.45, 7) is 7.21. The summed E-state index contributed by atoms with van der Waals surface area (Å²) in [7, 11) is 0. The monoisotopic (exact) mass is 310 g/mol. The number of halogens is 1. The van der Waals surface area contributed by atoms with Crippen molar-refractivity contribution in [2.24, 2.45) is 0 Å². The summed E-state index contributed by atoms with van der Waals surface area (Å²) in [4.78, 5) is 16.4. The average molecular weight is 311 g/mol. The van der Waals surface area contributed by atoms with E-state index >= 15 is 0 Å². The van der Waals surface area contributed by atoms with E-state index in [-0.39, 0.29) is 5.91 Å². The zero-order chi connectivity index (χ0) is 15.1. The van der Waals surface area contributed by atoms with Crippen molar-refractivity contribution < 1.29 is 9.53 Å². The minimum atomic E-state index is 0.138. The maximum absolute atomic E-state index is 12.2. The Hall–Kier alpha value is -1.10. The Balaban J connectivity index is 1.92. The number of hydrogen-bond acceptors (Lipinski definition) is 3. The Morgan fingerprint density at radius 3 is 2.81 bits per heavy atom. The van der Waals surface area contributed by atoms with Crippen LogP contribution in [0.3, 0.4) is 0 Å². The van der Waals surface area contributed by atoms with E-state index in [0.29, 0.717) is 11.4 Å². The normalized spacial score (nSPS) is 15.9. The van der Waals surface area contributed by atoms with Crippen LogP contribution in [0.15, 0.2) is 24.3 Å². The number of hydrogen-bond donors (Lipinski definition) is 0. The zero-order valence-corrected chi connectivity index (χ0v) is 13.3. The SMILES string of the molecule is CCC(=O)N(CCCN1CCOCC1)c1cccc(Cl)c1. The molecule has 0 radical (unpaired) electrons. The van der Waals surface area contributed by atoms with Crippen LogP contribution in [0.2, 0.25) is 5.02 Å². The molecule has 0 bridgehead atoms. The highest BCUT2D eigenvalue weighted by molar-refractivity contribution is 6.30. The van der Waals surface area contributed by atoms with Gasteiger partial charge in [0.25, 0.3) is 0 Å². The van der Waals surface area contributed by atoms with Crippen molar-refractivity contribution in [3.63, 3.8) is 0 Å². The van der Waals surface area contributed by atoms with Gasteiger partial charge in [-0.2, -0.15) is 0 Å². The summed E-state index contributed by atoms with van der Waals surface area (Å²) in [6, 6.07) is 7.50. The molecule has 1 fully saturated rings. The molecule has 5 heteroatoms. The summed E-state index contributed by atoms with van der Waals surface area (Å²) in [5.41, 5.74) is 0.885. The Morgan fingerprint density at radius 1 is 1.38 bits per heavy atom. The van der Waals surface area contributed by atoms with Crippen LogP contribution in [-0.2, 0) is 9.53 Å². The van der Waals surface area contributed by atoms with Crippen LogP contribution < -0.4 is 4.90 Å². The van der Waals surface area contributed by atoms with Crippen molar-refractivity contribution in [3.8, 4) is 0 Å². The van der Waals surface area contributed by atoms with Crippen LogP contribution >= 0.6 is 11.6 Å². The van der Waals surface area contributed by atoms with Gasteiger partial charge in [-0.25, -0.2) is 0 Å². The molecule has 0 spiro atoms. The number of amides is 1. The highest BCUT2D eigenvalue weighted by Gasteiger charge is 2.15. The van der Waals surface area contributed by atoms with Crippen molar-refractivity contribution in [2.45, 2.75) is 19.8 Å². The standard InChI is InChI=1S/C16H23ClN2O2/c1-2-16(20)19(15-6-3-5-14(17)13-15)8-4-7-18-9-11-21-12-10-18/h3,5-6,13H,2,4,7-12H2,1H3. The molecule has 2 rings (SSSR count). The van der Waals surface area contributed by atoms with Gasteiger partial charge >= 0.3 is 0 Å². The Morgan fingerprint density at radius 2 is 2.14 bits per heavy atom. The first-order valence-electron chi connectivity index (χ1n) is 7.56. The Labute approximate surface area is 131 Å². The van der Waals surface area contributed by atoms with Gasteiger partial charge in [-0.1, -0.05) is 24.6 Å². The summed E-state index contributed by atoms with van der Waals surface area (Å²) in [5, 5.41) is 0.662. The van der Waals surface area contributed by atoms with E-state index in [4.69, 9.17) is 16.3 Å². The van der Waals surface area contributed by atoms with Crippen molar-refractivity contribution in [1.82, 2.24) is 4.90 Å². The quantitative estimate of drug-likeness (QED) is 0.810. The molecule has 0 unspecified atom stereocenters. The molecule has 116 valence electrons. The van der Waals surface area contributed by atoms with Crippen LogP contribution in [0.1, 0.15) is 19.8 Å².